The van der Waals surface area contributed by atoms with Crippen LogP contribution in [0.3, 0.4) is 0 Å². The number of ether oxygens (including phenoxy) is 1. The molecule has 1 amide bonds. The van der Waals surface area contributed by atoms with Crippen molar-refractivity contribution in [3.8, 4) is 0 Å². The van der Waals surface area contributed by atoms with Crippen LogP contribution >= 0.6 is 0 Å². The quantitative estimate of drug-likeness (QED) is 0.742. The summed E-state index contributed by atoms with van der Waals surface area (Å²) in [6.45, 7) is 0.242. The summed E-state index contributed by atoms with van der Waals surface area (Å²) in [5.41, 5.74) is 0.338. The summed E-state index contributed by atoms with van der Waals surface area (Å²) < 4.78 is 17.9. The Hall–Kier alpha value is -1.72. The van der Waals surface area contributed by atoms with Gasteiger partial charge < -0.3 is 15.2 Å². The number of hydrogen-bond donors (Lipinski definition) is 2. The summed E-state index contributed by atoms with van der Waals surface area (Å²) in [6.07, 6.45) is 1.85. The van der Waals surface area contributed by atoms with Gasteiger partial charge in [0.2, 0.25) is 5.91 Å². The second-order valence-corrected chi connectivity index (χ2v) is 3.71. The maximum Gasteiger partial charge on any atom is 0.244 e. The van der Waals surface area contributed by atoms with Crippen molar-refractivity contribution >= 4 is 12.0 Å². The van der Waals surface area contributed by atoms with Gasteiger partial charge in [-0.15, -0.1) is 0 Å². The minimum atomic E-state index is -0.749. The van der Waals surface area contributed by atoms with Crippen molar-refractivity contribution in [3.63, 3.8) is 0 Å². The van der Waals surface area contributed by atoms with E-state index in [0.29, 0.717) is 5.56 Å². The molecule has 18 heavy (non-hydrogen) atoms. The number of carbonyl (C=O) groups is 1. The Morgan fingerprint density at radius 2 is 2.28 bits per heavy atom. The van der Waals surface area contributed by atoms with Gasteiger partial charge in [0.15, 0.2) is 0 Å². The Bertz CT molecular complexity index is 420. The Morgan fingerprint density at radius 3 is 2.94 bits per heavy atom. The summed E-state index contributed by atoms with van der Waals surface area (Å²) >= 11 is 0. The van der Waals surface area contributed by atoms with Crippen LogP contribution in [0.1, 0.15) is 5.56 Å². The third kappa shape index (κ3) is 5.07. The van der Waals surface area contributed by atoms with E-state index in [0.717, 1.165) is 0 Å². The van der Waals surface area contributed by atoms with Gasteiger partial charge >= 0.3 is 0 Å². The number of amides is 1. The van der Waals surface area contributed by atoms with Gasteiger partial charge in [0, 0.05) is 25.3 Å². The smallest absolute Gasteiger partial charge is 0.244 e. The van der Waals surface area contributed by atoms with Crippen molar-refractivity contribution in [3.05, 3.63) is 41.7 Å². The van der Waals surface area contributed by atoms with Crippen molar-refractivity contribution in [1.29, 1.82) is 0 Å². The molecule has 1 unspecified atom stereocenters. The van der Waals surface area contributed by atoms with E-state index in [2.05, 4.69) is 5.32 Å². The highest BCUT2D eigenvalue weighted by atomic mass is 19.1. The number of aliphatic hydroxyl groups is 1. The number of benzene rings is 1. The lowest BCUT2D eigenvalue weighted by molar-refractivity contribution is -0.117. The first-order valence-electron chi connectivity index (χ1n) is 5.51. The molecule has 5 heteroatoms. The van der Waals surface area contributed by atoms with Crippen molar-refractivity contribution < 1.29 is 19.0 Å². The Labute approximate surface area is 105 Å². The zero-order valence-electron chi connectivity index (χ0n) is 10.1. The summed E-state index contributed by atoms with van der Waals surface area (Å²) in [6, 6.07) is 6.15. The van der Waals surface area contributed by atoms with Gasteiger partial charge in [0.25, 0.3) is 0 Å². The number of hydrogen-bond acceptors (Lipinski definition) is 3. The molecule has 0 fully saturated rings. The molecule has 4 nitrogen and oxygen atoms in total. The van der Waals surface area contributed by atoms with Crippen LogP contribution in [0.4, 0.5) is 4.39 Å². The molecule has 0 saturated heterocycles. The van der Waals surface area contributed by atoms with Crippen molar-refractivity contribution in [2.24, 2.45) is 0 Å². The zero-order valence-corrected chi connectivity index (χ0v) is 10.1. The average Bonchev–Trinajstić information content (AvgIpc) is 2.36. The molecule has 0 spiro atoms. The highest BCUT2D eigenvalue weighted by Gasteiger charge is 2.04. The van der Waals surface area contributed by atoms with Crippen molar-refractivity contribution in [2.45, 2.75) is 6.10 Å². The summed E-state index contributed by atoms with van der Waals surface area (Å²) in [4.78, 5) is 11.4. The van der Waals surface area contributed by atoms with E-state index in [9.17, 15) is 14.3 Å². The first-order valence-corrected chi connectivity index (χ1v) is 5.51. The third-order valence-electron chi connectivity index (χ3n) is 2.19. The number of methoxy groups -OCH3 is 1. The number of halogens is 1. The first-order chi connectivity index (χ1) is 8.63. The number of carbonyl (C=O) groups excluding carboxylic acids is 1. The minimum Gasteiger partial charge on any atom is -0.389 e. The van der Waals surface area contributed by atoms with Crippen LogP contribution in [0, 0.1) is 5.82 Å². The molecule has 0 saturated carbocycles. The predicted molar refractivity (Wildman–Crippen MR) is 66.3 cm³/mol. The molecule has 0 bridgehead atoms. The SMILES string of the molecule is COCC(O)CNC(=O)C=Cc1ccccc1F. The Morgan fingerprint density at radius 1 is 1.56 bits per heavy atom. The molecule has 1 aromatic carbocycles. The van der Waals surface area contributed by atoms with E-state index in [4.69, 9.17) is 4.74 Å². The van der Waals surface area contributed by atoms with E-state index in [-0.39, 0.29) is 19.0 Å². The van der Waals surface area contributed by atoms with E-state index < -0.39 is 12.0 Å². The lowest BCUT2D eigenvalue weighted by Gasteiger charge is -2.09. The molecule has 1 rings (SSSR count). The average molecular weight is 253 g/mol. The van der Waals surface area contributed by atoms with Gasteiger partial charge in [-0.25, -0.2) is 4.39 Å². The molecule has 1 atom stereocenters. The van der Waals surface area contributed by atoms with Gasteiger partial charge in [-0.3, -0.25) is 4.79 Å². The van der Waals surface area contributed by atoms with Crippen LogP contribution in [-0.2, 0) is 9.53 Å². The second kappa shape index (κ2) is 7.58. The molecular weight excluding hydrogens is 237 g/mol. The molecule has 0 aliphatic carbocycles. The molecule has 0 heterocycles. The number of nitrogens with one attached hydrogen (secondary N) is 1. The molecule has 98 valence electrons. The number of rotatable bonds is 6. The highest BCUT2D eigenvalue weighted by Crippen LogP contribution is 2.07. The fourth-order valence-electron chi connectivity index (χ4n) is 1.30. The zero-order chi connectivity index (χ0) is 13.4. The molecule has 0 aliphatic heterocycles. The standard InChI is InChI=1S/C13H16FNO3/c1-18-9-11(16)8-15-13(17)7-6-10-4-2-3-5-12(10)14/h2-7,11,16H,8-9H2,1H3,(H,15,17). The predicted octanol–water partition coefficient (Wildman–Crippen LogP) is 0.962. The summed E-state index contributed by atoms with van der Waals surface area (Å²) in [5, 5.41) is 11.8. The minimum absolute atomic E-state index is 0.0916. The molecule has 0 aliphatic rings. The maximum absolute atomic E-state index is 13.2. The van der Waals surface area contributed by atoms with E-state index in [1.165, 1.54) is 25.3 Å². The highest BCUT2D eigenvalue weighted by molar-refractivity contribution is 5.91. The monoisotopic (exact) mass is 253 g/mol. The van der Waals surface area contributed by atoms with Gasteiger partial charge in [-0.05, 0) is 12.1 Å². The largest absolute Gasteiger partial charge is 0.389 e. The Balaban J connectivity index is 2.43. The Kier molecular flexibility index (Phi) is 6.04. The fraction of sp³-hybridized carbons (Fsp3) is 0.308. The van der Waals surface area contributed by atoms with E-state index in [1.807, 2.05) is 0 Å². The van der Waals surface area contributed by atoms with E-state index >= 15 is 0 Å². The van der Waals surface area contributed by atoms with Crippen LogP contribution in [-0.4, -0.2) is 37.4 Å². The van der Waals surface area contributed by atoms with Crippen LogP contribution in [0.2, 0.25) is 0 Å². The van der Waals surface area contributed by atoms with Crippen LogP contribution < -0.4 is 5.32 Å². The van der Waals surface area contributed by atoms with Gasteiger partial charge in [0.05, 0.1) is 12.7 Å². The normalized spacial score (nSPS) is 12.6. The third-order valence-corrected chi connectivity index (χ3v) is 2.19. The maximum atomic E-state index is 13.2. The van der Waals surface area contributed by atoms with Crippen molar-refractivity contribution in [1.82, 2.24) is 5.32 Å². The molecular formula is C13H16FNO3. The lowest BCUT2D eigenvalue weighted by atomic mass is 10.2. The lowest BCUT2D eigenvalue weighted by Crippen LogP contribution is -2.33. The summed E-state index contributed by atoms with van der Waals surface area (Å²) in [7, 11) is 1.46. The molecule has 1 aromatic rings. The van der Waals surface area contributed by atoms with Crippen LogP contribution in [0.15, 0.2) is 30.3 Å². The van der Waals surface area contributed by atoms with Gasteiger partial charge in [-0.1, -0.05) is 18.2 Å². The van der Waals surface area contributed by atoms with Gasteiger partial charge in [-0.2, -0.15) is 0 Å². The van der Waals surface area contributed by atoms with E-state index in [1.54, 1.807) is 18.2 Å². The molecule has 0 radical (unpaired) electrons. The topological polar surface area (TPSA) is 58.6 Å². The van der Waals surface area contributed by atoms with Crippen LogP contribution in [0.5, 0.6) is 0 Å². The fourth-order valence-corrected chi connectivity index (χ4v) is 1.30. The van der Waals surface area contributed by atoms with Crippen LogP contribution in [0.25, 0.3) is 6.08 Å². The first kappa shape index (κ1) is 14.3. The van der Waals surface area contributed by atoms with Gasteiger partial charge in [0.1, 0.15) is 5.82 Å². The van der Waals surface area contributed by atoms with Crippen molar-refractivity contribution in [2.75, 3.05) is 20.3 Å². The number of aliphatic hydroxyl groups excluding tert-OH is 1. The second-order valence-electron chi connectivity index (χ2n) is 3.71. The molecule has 2 N–H and O–H groups in total. The summed E-state index contributed by atoms with van der Waals surface area (Å²) in [5.74, 6) is -0.783. The molecule has 0 aromatic heterocycles.